The Bertz CT molecular complexity index is 160. The smallest absolute Gasteiger partial charge is 0.429 e. The third-order valence-electron chi connectivity index (χ3n) is 2.14. The van der Waals surface area contributed by atoms with Crippen LogP contribution < -0.4 is 0 Å². The molecule has 2 bridgehead atoms. The highest BCUT2D eigenvalue weighted by atomic mass is 17.2. The van der Waals surface area contributed by atoms with Gasteiger partial charge in [0.1, 0.15) is 12.2 Å². The van der Waals surface area contributed by atoms with Crippen molar-refractivity contribution in [2.45, 2.75) is 37.9 Å². The molecule has 0 aromatic heterocycles. The molecule has 0 N–H and O–H groups in total. The highest BCUT2D eigenvalue weighted by molar-refractivity contribution is 5.59. The van der Waals surface area contributed by atoms with E-state index in [2.05, 4.69) is 4.89 Å². The van der Waals surface area contributed by atoms with Gasteiger partial charge in [0.2, 0.25) is 0 Å². The van der Waals surface area contributed by atoms with E-state index in [4.69, 9.17) is 9.62 Å². The van der Waals surface area contributed by atoms with Gasteiger partial charge in [0, 0.05) is 0 Å². The quantitative estimate of drug-likeness (QED) is 0.395. The Morgan fingerprint density at radius 1 is 1.09 bits per heavy atom. The van der Waals surface area contributed by atoms with Crippen molar-refractivity contribution < 1.29 is 19.3 Å². The molecule has 4 heteroatoms. The summed E-state index contributed by atoms with van der Waals surface area (Å²) in [4.78, 5) is 19.8. The van der Waals surface area contributed by atoms with E-state index in [9.17, 15) is 4.79 Å². The predicted octanol–water partition coefficient (Wildman–Crippen LogP) is 1.40. The third kappa shape index (κ3) is 1.45. The molecule has 3 aliphatic rings. The van der Waals surface area contributed by atoms with E-state index in [1.807, 2.05) is 0 Å². The van der Waals surface area contributed by atoms with Gasteiger partial charge in [0.05, 0.1) is 0 Å². The number of carbonyl (C=O) groups excluding carboxylic acids is 1. The Morgan fingerprint density at radius 3 is 2.45 bits per heavy atom. The van der Waals surface area contributed by atoms with Gasteiger partial charge in [-0.25, -0.2) is 4.79 Å². The lowest BCUT2D eigenvalue weighted by atomic mass is 9.95. The minimum atomic E-state index is -0.695. The first kappa shape index (κ1) is 6.91. The maximum Gasteiger partial charge on any atom is 0.540 e. The molecule has 4 nitrogen and oxygen atoms in total. The van der Waals surface area contributed by atoms with Gasteiger partial charge in [0.15, 0.2) is 0 Å². The first-order valence-electron chi connectivity index (χ1n) is 3.88. The van der Waals surface area contributed by atoms with Crippen LogP contribution in [0.2, 0.25) is 0 Å². The molecular weight excluding hydrogens is 148 g/mol. The Kier molecular flexibility index (Phi) is 1.69. The zero-order valence-electron chi connectivity index (χ0n) is 6.12. The molecule has 0 aromatic carbocycles. The molecule has 2 heterocycles. The van der Waals surface area contributed by atoms with Crippen LogP contribution in [0.1, 0.15) is 25.7 Å². The van der Waals surface area contributed by atoms with Gasteiger partial charge in [-0.3, -0.25) is 4.89 Å². The molecule has 62 valence electrons. The fourth-order valence-corrected chi connectivity index (χ4v) is 1.51. The van der Waals surface area contributed by atoms with Crippen LogP contribution in [0.3, 0.4) is 0 Å². The van der Waals surface area contributed by atoms with Gasteiger partial charge in [-0.05, 0) is 25.7 Å². The van der Waals surface area contributed by atoms with Crippen LogP contribution in [0.4, 0.5) is 4.79 Å². The molecule has 1 saturated carbocycles. The van der Waals surface area contributed by atoms with Crippen molar-refractivity contribution in [3.63, 3.8) is 0 Å². The number of hydrogen-bond acceptors (Lipinski definition) is 4. The van der Waals surface area contributed by atoms with Crippen LogP contribution in [0.15, 0.2) is 0 Å². The zero-order valence-corrected chi connectivity index (χ0v) is 6.12. The Hall–Kier alpha value is -0.770. The van der Waals surface area contributed by atoms with Crippen molar-refractivity contribution in [3.8, 4) is 0 Å². The second-order valence-electron chi connectivity index (χ2n) is 2.95. The van der Waals surface area contributed by atoms with Crippen LogP contribution in [0, 0.1) is 0 Å². The van der Waals surface area contributed by atoms with E-state index in [0.29, 0.717) is 0 Å². The summed E-state index contributed by atoms with van der Waals surface area (Å²) < 4.78 is 4.89. The standard InChI is InChI=1S/C7H10O4/c8-7-9-5-1-3-6(4-2-5)10-11-7/h5-6H,1-4H2. The third-order valence-corrected chi connectivity index (χ3v) is 2.14. The van der Waals surface area contributed by atoms with Gasteiger partial charge in [-0.15, -0.1) is 0 Å². The summed E-state index contributed by atoms with van der Waals surface area (Å²) >= 11 is 0. The SMILES string of the molecule is O=C1OOC2CCC(CC2)O1. The van der Waals surface area contributed by atoms with E-state index in [1.54, 1.807) is 0 Å². The molecule has 2 saturated heterocycles. The molecule has 11 heavy (non-hydrogen) atoms. The first-order valence-corrected chi connectivity index (χ1v) is 3.88. The van der Waals surface area contributed by atoms with Gasteiger partial charge in [0.25, 0.3) is 0 Å². The van der Waals surface area contributed by atoms with Crippen LogP contribution in [0.5, 0.6) is 0 Å². The van der Waals surface area contributed by atoms with Gasteiger partial charge in [-0.1, -0.05) is 0 Å². The normalized spacial score (nSPS) is 36.9. The minimum absolute atomic E-state index is 0.0580. The molecule has 0 amide bonds. The lowest BCUT2D eigenvalue weighted by Crippen LogP contribution is -2.33. The average molecular weight is 158 g/mol. The molecule has 0 unspecified atom stereocenters. The van der Waals surface area contributed by atoms with Crippen LogP contribution in [0.25, 0.3) is 0 Å². The summed E-state index contributed by atoms with van der Waals surface area (Å²) in [6.07, 6.45) is 3.12. The predicted molar refractivity (Wildman–Crippen MR) is 34.7 cm³/mol. The number of carbonyl (C=O) groups is 1. The van der Waals surface area contributed by atoms with Crippen LogP contribution >= 0.6 is 0 Å². The van der Waals surface area contributed by atoms with Crippen molar-refractivity contribution in [2.75, 3.05) is 0 Å². The number of fused-ring (bicyclic) bond motifs is 5. The summed E-state index contributed by atoms with van der Waals surface area (Å²) in [5.41, 5.74) is 0. The molecule has 0 spiro atoms. The lowest BCUT2D eigenvalue weighted by Gasteiger charge is -2.29. The fraction of sp³-hybridized carbons (Fsp3) is 0.857. The molecule has 0 radical (unpaired) electrons. The summed E-state index contributed by atoms with van der Waals surface area (Å²) in [5.74, 6) is 0. The summed E-state index contributed by atoms with van der Waals surface area (Å²) in [5, 5.41) is 0. The number of rotatable bonds is 0. The summed E-state index contributed by atoms with van der Waals surface area (Å²) in [7, 11) is 0. The number of ether oxygens (including phenoxy) is 1. The van der Waals surface area contributed by atoms with Gasteiger partial charge in [-0.2, -0.15) is 4.89 Å². The van der Waals surface area contributed by atoms with Crippen LogP contribution in [-0.4, -0.2) is 18.4 Å². The second-order valence-corrected chi connectivity index (χ2v) is 2.95. The maximum absolute atomic E-state index is 10.7. The first-order chi connectivity index (χ1) is 5.34. The Labute approximate surface area is 64.3 Å². The lowest BCUT2D eigenvalue weighted by molar-refractivity contribution is -0.308. The van der Waals surface area contributed by atoms with Gasteiger partial charge >= 0.3 is 6.16 Å². The van der Waals surface area contributed by atoms with Crippen molar-refractivity contribution in [1.29, 1.82) is 0 Å². The maximum atomic E-state index is 10.7. The van der Waals surface area contributed by atoms with Crippen molar-refractivity contribution in [1.82, 2.24) is 0 Å². The largest absolute Gasteiger partial charge is 0.540 e. The average Bonchev–Trinajstić information content (AvgIpc) is 1.98. The molecule has 0 aromatic rings. The topological polar surface area (TPSA) is 44.8 Å². The minimum Gasteiger partial charge on any atom is -0.429 e. The van der Waals surface area contributed by atoms with Crippen LogP contribution in [-0.2, 0) is 14.5 Å². The summed E-state index contributed by atoms with van der Waals surface area (Å²) in [6, 6.07) is 0. The number of hydrogen-bond donors (Lipinski definition) is 0. The molecular formula is C7H10O4. The zero-order chi connectivity index (χ0) is 7.68. The molecule has 3 rings (SSSR count). The van der Waals surface area contributed by atoms with Crippen molar-refractivity contribution in [2.24, 2.45) is 0 Å². The Morgan fingerprint density at radius 2 is 1.73 bits per heavy atom. The fourth-order valence-electron chi connectivity index (χ4n) is 1.51. The van der Waals surface area contributed by atoms with E-state index in [0.717, 1.165) is 25.7 Å². The van der Waals surface area contributed by atoms with Crippen molar-refractivity contribution >= 4 is 6.16 Å². The van der Waals surface area contributed by atoms with E-state index >= 15 is 0 Å². The molecule has 0 atom stereocenters. The second kappa shape index (κ2) is 2.70. The highest BCUT2D eigenvalue weighted by Gasteiger charge is 2.29. The van der Waals surface area contributed by atoms with E-state index < -0.39 is 6.16 Å². The van der Waals surface area contributed by atoms with E-state index in [-0.39, 0.29) is 12.2 Å². The molecule has 3 fully saturated rings. The summed E-state index contributed by atoms with van der Waals surface area (Å²) in [6.45, 7) is 0. The van der Waals surface area contributed by atoms with E-state index in [1.165, 1.54) is 0 Å². The molecule has 1 aliphatic carbocycles. The monoisotopic (exact) mass is 158 g/mol. The Balaban J connectivity index is 2.02. The van der Waals surface area contributed by atoms with Crippen molar-refractivity contribution in [3.05, 3.63) is 0 Å². The van der Waals surface area contributed by atoms with Gasteiger partial charge < -0.3 is 4.74 Å². The highest BCUT2D eigenvalue weighted by Crippen LogP contribution is 2.26. The molecule has 2 aliphatic heterocycles.